The highest BCUT2D eigenvalue weighted by Gasteiger charge is 2.09. The van der Waals surface area contributed by atoms with Crippen LogP contribution in [-0.2, 0) is 4.79 Å². The van der Waals surface area contributed by atoms with Crippen LogP contribution in [0.2, 0.25) is 0 Å². The van der Waals surface area contributed by atoms with Gasteiger partial charge in [0.2, 0.25) is 5.91 Å². The molecule has 1 radical (unpaired) electrons. The van der Waals surface area contributed by atoms with Crippen molar-refractivity contribution < 1.29 is 4.79 Å². The zero-order valence-electron chi connectivity index (χ0n) is 8.22. The highest BCUT2D eigenvalue weighted by atomic mass is 16.1. The van der Waals surface area contributed by atoms with Gasteiger partial charge < -0.3 is 10.2 Å². The van der Waals surface area contributed by atoms with Crippen LogP contribution >= 0.6 is 0 Å². The topological polar surface area (TPSA) is 32.3 Å². The molecule has 0 aromatic rings. The van der Waals surface area contributed by atoms with Crippen molar-refractivity contribution >= 4 is 5.91 Å². The lowest BCUT2D eigenvalue weighted by molar-refractivity contribution is -0.120. The first kappa shape index (κ1) is 10.5. The molecule has 0 aliphatic carbocycles. The lowest BCUT2D eigenvalue weighted by Crippen LogP contribution is -2.31. The average molecular weight is 183 g/mol. The summed E-state index contributed by atoms with van der Waals surface area (Å²) in [5.41, 5.74) is 0. The second-order valence-corrected chi connectivity index (χ2v) is 3.61. The van der Waals surface area contributed by atoms with Crippen LogP contribution in [0.4, 0.5) is 0 Å². The third-order valence-electron chi connectivity index (χ3n) is 2.52. The predicted molar refractivity (Wildman–Crippen MR) is 53.0 cm³/mol. The normalized spacial score (nSPS) is 18.5. The molecule has 0 aromatic heterocycles. The van der Waals surface area contributed by atoms with Crippen molar-refractivity contribution in [2.24, 2.45) is 0 Å². The Labute approximate surface area is 80.5 Å². The summed E-state index contributed by atoms with van der Waals surface area (Å²) in [4.78, 5) is 13.3. The van der Waals surface area contributed by atoms with Gasteiger partial charge in [0.25, 0.3) is 0 Å². The Morgan fingerprint density at radius 2 is 2.00 bits per heavy atom. The maximum atomic E-state index is 10.9. The third kappa shape index (κ3) is 4.27. The zero-order valence-corrected chi connectivity index (χ0v) is 8.22. The molecule has 3 heteroatoms. The van der Waals surface area contributed by atoms with Gasteiger partial charge in [-0.05, 0) is 38.9 Å². The molecular weight excluding hydrogens is 164 g/mol. The van der Waals surface area contributed by atoms with Gasteiger partial charge in [-0.1, -0.05) is 6.42 Å². The summed E-state index contributed by atoms with van der Waals surface area (Å²) in [6, 6.07) is 0. The van der Waals surface area contributed by atoms with E-state index in [1.807, 2.05) is 0 Å². The number of hydrogen-bond acceptors (Lipinski definition) is 2. The molecule has 0 atom stereocenters. The summed E-state index contributed by atoms with van der Waals surface area (Å²) in [5, 5.41) is 2.40. The molecule has 0 aromatic carbocycles. The second kappa shape index (κ2) is 5.97. The van der Waals surface area contributed by atoms with Crippen LogP contribution < -0.4 is 5.32 Å². The maximum Gasteiger partial charge on any atom is 0.220 e. The number of nitrogens with zero attached hydrogens (tertiary/aromatic N) is 1. The highest BCUT2D eigenvalue weighted by Crippen LogP contribution is 2.09. The number of carbonyl (C=O) groups is 1. The van der Waals surface area contributed by atoms with E-state index in [0.29, 0.717) is 6.42 Å². The molecular formula is C10H19N2O. The summed E-state index contributed by atoms with van der Waals surface area (Å²) in [5.74, 6) is 0.0528. The van der Waals surface area contributed by atoms with Crippen molar-refractivity contribution in [2.75, 3.05) is 19.6 Å². The lowest BCUT2D eigenvalue weighted by Gasteiger charge is -2.26. The van der Waals surface area contributed by atoms with Crippen molar-refractivity contribution in [3.05, 3.63) is 7.05 Å². The van der Waals surface area contributed by atoms with Crippen LogP contribution in [0.3, 0.4) is 0 Å². The highest BCUT2D eigenvalue weighted by molar-refractivity contribution is 5.75. The number of rotatable bonds is 4. The number of hydrogen-bond donors (Lipinski definition) is 1. The van der Waals surface area contributed by atoms with E-state index in [0.717, 1.165) is 13.0 Å². The van der Waals surface area contributed by atoms with Gasteiger partial charge in [0.05, 0.1) is 0 Å². The van der Waals surface area contributed by atoms with Gasteiger partial charge in [0.1, 0.15) is 0 Å². The third-order valence-corrected chi connectivity index (χ3v) is 2.52. The summed E-state index contributed by atoms with van der Waals surface area (Å²) >= 11 is 0. The molecule has 1 N–H and O–H groups in total. The molecule has 13 heavy (non-hydrogen) atoms. The summed E-state index contributed by atoms with van der Waals surface area (Å²) in [7, 11) is 3.34. The van der Waals surface area contributed by atoms with Gasteiger partial charge in [0.15, 0.2) is 0 Å². The first-order valence-corrected chi connectivity index (χ1v) is 5.11. The molecule has 0 saturated carbocycles. The Kier molecular flexibility index (Phi) is 4.83. The quantitative estimate of drug-likeness (QED) is 0.709. The Hall–Kier alpha value is -0.570. The fraction of sp³-hybridized carbons (Fsp3) is 0.800. The van der Waals surface area contributed by atoms with Crippen LogP contribution in [0.5, 0.6) is 0 Å². The predicted octanol–water partition coefficient (Wildman–Crippen LogP) is 1.16. The van der Waals surface area contributed by atoms with Crippen LogP contribution in [0.25, 0.3) is 0 Å². The van der Waals surface area contributed by atoms with Crippen molar-refractivity contribution in [1.29, 1.82) is 0 Å². The number of amides is 1. The van der Waals surface area contributed by atoms with Crippen molar-refractivity contribution in [3.8, 4) is 0 Å². The largest absolute Gasteiger partial charge is 0.354 e. The van der Waals surface area contributed by atoms with Gasteiger partial charge in [0, 0.05) is 13.5 Å². The van der Waals surface area contributed by atoms with Gasteiger partial charge in [-0.15, -0.1) is 0 Å². The van der Waals surface area contributed by atoms with Crippen LogP contribution in [0.1, 0.15) is 32.1 Å². The number of carbonyl (C=O) groups excluding carboxylic acids is 1. The molecule has 1 aliphatic rings. The van der Waals surface area contributed by atoms with Crippen LogP contribution in [0.15, 0.2) is 0 Å². The molecule has 1 rings (SSSR count). The molecule has 1 aliphatic heterocycles. The summed E-state index contributed by atoms with van der Waals surface area (Å²) in [6.45, 7) is 3.49. The van der Waals surface area contributed by atoms with Crippen LogP contribution in [-0.4, -0.2) is 30.4 Å². The Balaban J connectivity index is 2.01. The standard InChI is InChI=1S/C10H19N2O/c1-11-10(13)6-5-9-12-7-3-2-4-8-12/h1-9H2,(H,11,13). The maximum absolute atomic E-state index is 10.9. The molecule has 1 heterocycles. The van der Waals surface area contributed by atoms with Crippen LogP contribution in [0, 0.1) is 7.05 Å². The van der Waals surface area contributed by atoms with E-state index < -0.39 is 0 Å². The molecule has 75 valence electrons. The molecule has 1 fully saturated rings. The minimum Gasteiger partial charge on any atom is -0.354 e. The van der Waals surface area contributed by atoms with E-state index in [2.05, 4.69) is 17.3 Å². The first-order chi connectivity index (χ1) is 6.33. The SMILES string of the molecule is [CH2]NC(=O)CCCN1CCCCC1. The summed E-state index contributed by atoms with van der Waals surface area (Å²) in [6.07, 6.45) is 5.58. The lowest BCUT2D eigenvalue weighted by atomic mass is 10.1. The molecule has 1 amide bonds. The smallest absolute Gasteiger partial charge is 0.220 e. The van der Waals surface area contributed by atoms with Crippen molar-refractivity contribution in [1.82, 2.24) is 10.2 Å². The van der Waals surface area contributed by atoms with E-state index in [-0.39, 0.29) is 5.91 Å². The molecule has 0 spiro atoms. The average Bonchev–Trinajstić information content (AvgIpc) is 2.19. The Bertz CT molecular complexity index is 153. The van der Waals surface area contributed by atoms with Crippen molar-refractivity contribution in [2.45, 2.75) is 32.1 Å². The fourth-order valence-electron chi connectivity index (χ4n) is 1.73. The molecule has 0 bridgehead atoms. The van der Waals surface area contributed by atoms with E-state index in [9.17, 15) is 4.79 Å². The van der Waals surface area contributed by atoms with Gasteiger partial charge in [-0.3, -0.25) is 4.79 Å². The number of nitrogens with one attached hydrogen (secondary N) is 1. The van der Waals surface area contributed by atoms with Gasteiger partial charge >= 0.3 is 0 Å². The molecule has 3 nitrogen and oxygen atoms in total. The molecule has 0 unspecified atom stereocenters. The fourth-order valence-corrected chi connectivity index (χ4v) is 1.73. The Morgan fingerprint density at radius 1 is 1.31 bits per heavy atom. The summed E-state index contributed by atoms with van der Waals surface area (Å²) < 4.78 is 0. The number of likely N-dealkylation sites (tertiary alicyclic amines) is 1. The van der Waals surface area contributed by atoms with E-state index >= 15 is 0 Å². The number of piperidine rings is 1. The minimum absolute atomic E-state index is 0.0528. The Morgan fingerprint density at radius 3 is 2.62 bits per heavy atom. The minimum atomic E-state index is 0.0528. The van der Waals surface area contributed by atoms with E-state index in [1.165, 1.54) is 32.4 Å². The van der Waals surface area contributed by atoms with Gasteiger partial charge in [-0.2, -0.15) is 0 Å². The van der Waals surface area contributed by atoms with E-state index in [4.69, 9.17) is 0 Å². The zero-order chi connectivity index (χ0) is 9.52. The van der Waals surface area contributed by atoms with Crippen molar-refractivity contribution in [3.63, 3.8) is 0 Å². The van der Waals surface area contributed by atoms with Gasteiger partial charge in [-0.25, -0.2) is 0 Å². The van der Waals surface area contributed by atoms with E-state index in [1.54, 1.807) is 0 Å². The molecule has 1 saturated heterocycles. The monoisotopic (exact) mass is 183 g/mol. The second-order valence-electron chi connectivity index (χ2n) is 3.61. The first-order valence-electron chi connectivity index (χ1n) is 5.11.